The number of sulfonamides is 1. The molecule has 8 nitrogen and oxygen atoms in total. The van der Waals surface area contributed by atoms with Crippen LogP contribution in [0, 0.1) is 10.1 Å². The number of amides is 1. The molecule has 166 valence electrons. The highest BCUT2D eigenvalue weighted by molar-refractivity contribution is 7.89. The van der Waals surface area contributed by atoms with Crippen LogP contribution < -0.4 is 10.0 Å². The van der Waals surface area contributed by atoms with Gasteiger partial charge in [0.05, 0.1) is 9.82 Å². The van der Waals surface area contributed by atoms with E-state index in [1.54, 1.807) is 25.1 Å². The minimum atomic E-state index is -3.69. The van der Waals surface area contributed by atoms with Crippen molar-refractivity contribution in [2.24, 2.45) is 0 Å². The molecule has 0 spiro atoms. The van der Waals surface area contributed by atoms with Crippen LogP contribution in [0.25, 0.3) is 0 Å². The number of nitrogens with one attached hydrogen (secondary N) is 2. The molecule has 0 fully saturated rings. The second kappa shape index (κ2) is 10.2. The van der Waals surface area contributed by atoms with Crippen LogP contribution in [0.5, 0.6) is 0 Å². The second-order valence-corrected chi connectivity index (χ2v) is 8.97. The molecule has 0 aliphatic heterocycles. The number of carbonyl (C=O) groups excluding carboxylic acids is 1. The summed E-state index contributed by atoms with van der Waals surface area (Å²) in [5.74, 6) is -0.291. The molecule has 3 aromatic rings. The lowest BCUT2D eigenvalue weighted by molar-refractivity contribution is -0.384. The van der Waals surface area contributed by atoms with Gasteiger partial charge in [0.1, 0.15) is 0 Å². The summed E-state index contributed by atoms with van der Waals surface area (Å²) in [5.41, 5.74) is 1.91. The van der Waals surface area contributed by atoms with Gasteiger partial charge in [-0.05, 0) is 42.7 Å². The summed E-state index contributed by atoms with van der Waals surface area (Å²) in [7, 11) is -3.69. The Morgan fingerprint density at radius 3 is 2.34 bits per heavy atom. The highest BCUT2D eigenvalue weighted by atomic mass is 32.2. The van der Waals surface area contributed by atoms with Gasteiger partial charge in [0.25, 0.3) is 5.69 Å². The Kier molecular flexibility index (Phi) is 7.34. The minimum Gasteiger partial charge on any atom is -0.326 e. The molecule has 0 aromatic heterocycles. The third kappa shape index (κ3) is 6.22. The molecule has 1 atom stereocenters. The van der Waals surface area contributed by atoms with E-state index >= 15 is 0 Å². The monoisotopic (exact) mass is 453 g/mol. The van der Waals surface area contributed by atoms with E-state index < -0.39 is 14.9 Å². The Bertz CT molecular complexity index is 1200. The van der Waals surface area contributed by atoms with Gasteiger partial charge >= 0.3 is 0 Å². The van der Waals surface area contributed by atoms with Crippen LogP contribution in [0.3, 0.4) is 0 Å². The molecular formula is C23H23N3O5S. The van der Waals surface area contributed by atoms with Gasteiger partial charge in [0, 0.05) is 30.3 Å². The smallest absolute Gasteiger partial charge is 0.271 e. The van der Waals surface area contributed by atoms with E-state index in [1.165, 1.54) is 30.3 Å². The normalized spacial score (nSPS) is 12.2. The molecule has 0 saturated carbocycles. The zero-order valence-electron chi connectivity index (χ0n) is 17.4. The molecule has 3 rings (SSSR count). The fraction of sp³-hybridized carbons (Fsp3) is 0.174. The zero-order valence-corrected chi connectivity index (χ0v) is 18.2. The van der Waals surface area contributed by atoms with Crippen LogP contribution in [0.4, 0.5) is 11.4 Å². The van der Waals surface area contributed by atoms with Gasteiger partial charge < -0.3 is 5.32 Å². The Balaban J connectivity index is 1.56. The highest BCUT2D eigenvalue weighted by Gasteiger charge is 2.18. The van der Waals surface area contributed by atoms with Crippen molar-refractivity contribution in [3.05, 3.63) is 100 Å². The number of hydrogen-bond acceptors (Lipinski definition) is 5. The molecule has 1 amide bonds. The molecule has 3 aromatic carbocycles. The first-order chi connectivity index (χ1) is 15.2. The maximum atomic E-state index is 12.6. The molecule has 9 heteroatoms. The Morgan fingerprint density at radius 1 is 1.00 bits per heavy atom. The first kappa shape index (κ1) is 23.1. The average Bonchev–Trinajstić information content (AvgIpc) is 2.78. The van der Waals surface area contributed by atoms with Crippen LogP contribution >= 0.6 is 0 Å². The molecule has 0 heterocycles. The van der Waals surface area contributed by atoms with Gasteiger partial charge in [-0.1, -0.05) is 48.5 Å². The van der Waals surface area contributed by atoms with Crippen LogP contribution in [-0.4, -0.2) is 19.2 Å². The highest BCUT2D eigenvalue weighted by Crippen LogP contribution is 2.19. The van der Waals surface area contributed by atoms with Gasteiger partial charge in [-0.2, -0.15) is 0 Å². The van der Waals surface area contributed by atoms with Gasteiger partial charge in [0.15, 0.2) is 0 Å². The maximum absolute atomic E-state index is 12.6. The standard InChI is InChI=1S/C23H23N3O5S/c1-17(19-6-3-2-4-7-19)25-32(30,31)22-13-10-18(11-14-22)12-15-23(27)24-20-8-5-9-21(16-20)26(28)29/h2-11,13-14,16-17,25H,12,15H2,1H3,(H,24,27)/t17-/m1/s1. The number of nitro groups is 1. The van der Waals surface area contributed by atoms with Crippen molar-refractivity contribution < 1.29 is 18.1 Å². The molecular weight excluding hydrogens is 430 g/mol. The van der Waals surface area contributed by atoms with E-state index in [0.29, 0.717) is 12.1 Å². The fourth-order valence-electron chi connectivity index (χ4n) is 3.12. The molecule has 0 aliphatic carbocycles. The summed E-state index contributed by atoms with van der Waals surface area (Å²) in [6.45, 7) is 1.78. The third-order valence-corrected chi connectivity index (χ3v) is 6.40. The van der Waals surface area contributed by atoms with Crippen molar-refractivity contribution in [1.29, 1.82) is 0 Å². The van der Waals surface area contributed by atoms with Crippen molar-refractivity contribution in [3.8, 4) is 0 Å². The SMILES string of the molecule is C[C@@H](NS(=O)(=O)c1ccc(CCC(=O)Nc2cccc([N+](=O)[O-])c2)cc1)c1ccccc1. The van der Waals surface area contributed by atoms with Gasteiger partial charge in [-0.25, -0.2) is 13.1 Å². The van der Waals surface area contributed by atoms with E-state index in [2.05, 4.69) is 10.0 Å². The number of benzene rings is 3. The van der Waals surface area contributed by atoms with Gasteiger partial charge in [-0.3, -0.25) is 14.9 Å². The summed E-state index contributed by atoms with van der Waals surface area (Å²) in [6.07, 6.45) is 0.549. The first-order valence-electron chi connectivity index (χ1n) is 9.95. The lowest BCUT2D eigenvalue weighted by Gasteiger charge is -2.15. The molecule has 0 aliphatic rings. The predicted molar refractivity (Wildman–Crippen MR) is 122 cm³/mol. The number of non-ortho nitro benzene ring substituents is 1. The van der Waals surface area contributed by atoms with Crippen molar-refractivity contribution in [1.82, 2.24) is 4.72 Å². The molecule has 0 saturated heterocycles. The van der Waals surface area contributed by atoms with Crippen LogP contribution in [0.15, 0.2) is 83.8 Å². The average molecular weight is 454 g/mol. The maximum Gasteiger partial charge on any atom is 0.271 e. The molecule has 2 N–H and O–H groups in total. The number of nitrogens with zero attached hydrogens (tertiary/aromatic N) is 1. The van der Waals surface area contributed by atoms with Gasteiger partial charge in [-0.15, -0.1) is 0 Å². The fourth-order valence-corrected chi connectivity index (χ4v) is 4.36. The second-order valence-electron chi connectivity index (χ2n) is 7.25. The Labute approximate surface area is 186 Å². The predicted octanol–water partition coefficient (Wildman–Crippen LogP) is 4.21. The third-order valence-electron chi connectivity index (χ3n) is 4.85. The number of nitro benzene ring substituents is 1. The summed E-state index contributed by atoms with van der Waals surface area (Å²) in [4.78, 5) is 22.6. The van der Waals surface area contributed by atoms with E-state index in [9.17, 15) is 23.3 Å². The summed E-state index contributed by atoms with van der Waals surface area (Å²) in [6, 6.07) is 21.0. The molecule has 32 heavy (non-hydrogen) atoms. The van der Waals surface area contributed by atoms with Crippen molar-refractivity contribution in [2.45, 2.75) is 30.7 Å². The Hall–Kier alpha value is -3.56. The summed E-state index contributed by atoms with van der Waals surface area (Å²) in [5, 5.41) is 13.5. The summed E-state index contributed by atoms with van der Waals surface area (Å²) < 4.78 is 28.0. The van der Waals surface area contributed by atoms with E-state index in [0.717, 1.165) is 11.1 Å². The van der Waals surface area contributed by atoms with E-state index in [-0.39, 0.29) is 29.0 Å². The van der Waals surface area contributed by atoms with Crippen LogP contribution in [-0.2, 0) is 21.2 Å². The number of carbonyl (C=O) groups is 1. The number of anilines is 1. The largest absolute Gasteiger partial charge is 0.326 e. The molecule has 0 radical (unpaired) electrons. The topological polar surface area (TPSA) is 118 Å². The van der Waals surface area contributed by atoms with Crippen LogP contribution in [0.2, 0.25) is 0 Å². The van der Waals surface area contributed by atoms with E-state index in [4.69, 9.17) is 0 Å². The first-order valence-corrected chi connectivity index (χ1v) is 11.4. The Morgan fingerprint density at radius 2 is 1.69 bits per heavy atom. The lowest BCUT2D eigenvalue weighted by atomic mass is 10.1. The molecule has 0 unspecified atom stereocenters. The number of aryl methyl sites for hydroxylation is 1. The van der Waals surface area contributed by atoms with Gasteiger partial charge in [0.2, 0.25) is 15.9 Å². The van der Waals surface area contributed by atoms with E-state index in [1.807, 2.05) is 30.3 Å². The minimum absolute atomic E-state index is 0.102. The lowest BCUT2D eigenvalue weighted by Crippen LogP contribution is -2.26. The quantitative estimate of drug-likeness (QED) is 0.372. The van der Waals surface area contributed by atoms with Crippen molar-refractivity contribution >= 4 is 27.3 Å². The number of hydrogen-bond donors (Lipinski definition) is 2. The van der Waals surface area contributed by atoms with Crippen molar-refractivity contribution in [2.75, 3.05) is 5.32 Å². The summed E-state index contributed by atoms with van der Waals surface area (Å²) >= 11 is 0. The van der Waals surface area contributed by atoms with Crippen LogP contribution in [0.1, 0.15) is 30.5 Å². The molecule has 0 bridgehead atoms. The zero-order chi connectivity index (χ0) is 23.1. The van der Waals surface area contributed by atoms with Crippen molar-refractivity contribution in [3.63, 3.8) is 0 Å². The number of rotatable bonds is 9.